The number of piperidine rings is 1. The molecule has 1 aliphatic heterocycles. The molecule has 2 N–H and O–H groups in total. The fraction of sp³-hybridized carbons (Fsp3) is 0.667. The summed E-state index contributed by atoms with van der Waals surface area (Å²) in [6.07, 6.45) is 9.37. The molecular weight excluding hydrogens is 238 g/mol. The molecule has 1 aromatic heterocycles. The standard InChI is InChI=1S/C15H25N3O/c19-13-3-1-2-8-17-14-6-11-18(12-7-14)15-4-9-16-10-5-15/h4-5,9-10,14,17,19H,1-3,6-8,11-13H2. The van der Waals surface area contributed by atoms with Gasteiger partial charge in [0, 0.05) is 43.8 Å². The van der Waals surface area contributed by atoms with E-state index in [-0.39, 0.29) is 0 Å². The summed E-state index contributed by atoms with van der Waals surface area (Å²) in [5, 5.41) is 12.4. The molecule has 0 atom stereocenters. The Kier molecular flexibility index (Phi) is 6.11. The minimum atomic E-state index is 0.324. The predicted octanol–water partition coefficient (Wildman–Crippen LogP) is 1.80. The first-order chi connectivity index (χ1) is 9.40. The number of nitrogens with zero attached hydrogens (tertiary/aromatic N) is 2. The monoisotopic (exact) mass is 263 g/mol. The zero-order valence-electron chi connectivity index (χ0n) is 11.6. The lowest BCUT2D eigenvalue weighted by atomic mass is 10.0. The average Bonchev–Trinajstić information content (AvgIpc) is 2.49. The van der Waals surface area contributed by atoms with Crippen LogP contribution < -0.4 is 10.2 Å². The number of unbranched alkanes of at least 4 members (excludes halogenated alkanes) is 2. The van der Waals surface area contributed by atoms with E-state index < -0.39 is 0 Å². The Balaban J connectivity index is 1.63. The second kappa shape index (κ2) is 8.12. The van der Waals surface area contributed by atoms with E-state index in [4.69, 9.17) is 5.11 Å². The highest BCUT2D eigenvalue weighted by molar-refractivity contribution is 5.44. The number of hydrogen-bond acceptors (Lipinski definition) is 4. The van der Waals surface area contributed by atoms with E-state index in [9.17, 15) is 0 Å². The number of anilines is 1. The lowest BCUT2D eigenvalue weighted by molar-refractivity contribution is 0.282. The molecule has 0 spiro atoms. The van der Waals surface area contributed by atoms with Crippen molar-refractivity contribution in [2.45, 2.75) is 38.1 Å². The van der Waals surface area contributed by atoms with Gasteiger partial charge in [0.2, 0.25) is 0 Å². The molecule has 0 unspecified atom stereocenters. The lowest BCUT2D eigenvalue weighted by Gasteiger charge is -2.34. The summed E-state index contributed by atoms with van der Waals surface area (Å²) in [6, 6.07) is 4.83. The Morgan fingerprint density at radius 3 is 2.58 bits per heavy atom. The third-order valence-corrected chi connectivity index (χ3v) is 3.79. The molecule has 0 saturated carbocycles. The van der Waals surface area contributed by atoms with Gasteiger partial charge < -0.3 is 15.3 Å². The van der Waals surface area contributed by atoms with Crippen LogP contribution in [-0.4, -0.2) is 42.4 Å². The third kappa shape index (κ3) is 4.80. The van der Waals surface area contributed by atoms with Gasteiger partial charge in [-0.25, -0.2) is 0 Å². The van der Waals surface area contributed by atoms with E-state index in [2.05, 4.69) is 27.3 Å². The highest BCUT2D eigenvalue weighted by atomic mass is 16.2. The molecule has 4 nitrogen and oxygen atoms in total. The van der Waals surface area contributed by atoms with Gasteiger partial charge in [0.15, 0.2) is 0 Å². The summed E-state index contributed by atoms with van der Waals surface area (Å²) in [6.45, 7) is 3.65. The fourth-order valence-electron chi connectivity index (χ4n) is 2.62. The van der Waals surface area contributed by atoms with Crippen molar-refractivity contribution >= 4 is 5.69 Å². The molecule has 0 bridgehead atoms. The van der Waals surface area contributed by atoms with Crippen LogP contribution in [0.15, 0.2) is 24.5 Å². The van der Waals surface area contributed by atoms with Crippen LogP contribution in [0.25, 0.3) is 0 Å². The molecule has 1 saturated heterocycles. The van der Waals surface area contributed by atoms with Gasteiger partial charge in [-0.3, -0.25) is 4.98 Å². The molecule has 106 valence electrons. The molecule has 4 heteroatoms. The van der Waals surface area contributed by atoms with E-state index in [0.29, 0.717) is 12.6 Å². The number of aliphatic hydroxyl groups is 1. The molecule has 1 aromatic rings. The highest BCUT2D eigenvalue weighted by Crippen LogP contribution is 2.18. The Morgan fingerprint density at radius 1 is 1.16 bits per heavy atom. The number of pyridine rings is 1. The molecule has 19 heavy (non-hydrogen) atoms. The van der Waals surface area contributed by atoms with Gasteiger partial charge in [0.25, 0.3) is 0 Å². The van der Waals surface area contributed by atoms with Crippen molar-refractivity contribution in [2.75, 3.05) is 31.1 Å². The second-order valence-corrected chi connectivity index (χ2v) is 5.21. The summed E-state index contributed by atoms with van der Waals surface area (Å²) < 4.78 is 0. The Morgan fingerprint density at radius 2 is 1.89 bits per heavy atom. The molecule has 0 aromatic carbocycles. The zero-order chi connectivity index (χ0) is 13.3. The maximum Gasteiger partial charge on any atom is 0.0431 e. The zero-order valence-corrected chi connectivity index (χ0v) is 11.6. The van der Waals surface area contributed by atoms with Crippen LogP contribution in [-0.2, 0) is 0 Å². The predicted molar refractivity (Wildman–Crippen MR) is 78.4 cm³/mol. The minimum Gasteiger partial charge on any atom is -0.396 e. The lowest BCUT2D eigenvalue weighted by Crippen LogP contribution is -2.42. The Bertz CT molecular complexity index is 337. The normalized spacial score (nSPS) is 16.8. The van der Waals surface area contributed by atoms with Crippen molar-refractivity contribution in [3.05, 3.63) is 24.5 Å². The van der Waals surface area contributed by atoms with Crippen LogP contribution >= 0.6 is 0 Å². The topological polar surface area (TPSA) is 48.4 Å². The fourth-order valence-corrected chi connectivity index (χ4v) is 2.62. The van der Waals surface area contributed by atoms with Crippen molar-refractivity contribution in [3.63, 3.8) is 0 Å². The van der Waals surface area contributed by atoms with Gasteiger partial charge in [-0.1, -0.05) is 0 Å². The molecule has 1 fully saturated rings. The number of nitrogens with one attached hydrogen (secondary N) is 1. The van der Waals surface area contributed by atoms with Gasteiger partial charge in [-0.2, -0.15) is 0 Å². The van der Waals surface area contributed by atoms with Gasteiger partial charge in [-0.05, 0) is 50.8 Å². The average molecular weight is 263 g/mol. The number of aliphatic hydroxyl groups excluding tert-OH is 1. The second-order valence-electron chi connectivity index (χ2n) is 5.21. The quantitative estimate of drug-likeness (QED) is 0.737. The summed E-state index contributed by atoms with van der Waals surface area (Å²) in [7, 11) is 0. The van der Waals surface area contributed by atoms with Crippen LogP contribution in [0.5, 0.6) is 0 Å². The van der Waals surface area contributed by atoms with Crippen molar-refractivity contribution in [1.29, 1.82) is 0 Å². The Labute approximate surface area is 115 Å². The van der Waals surface area contributed by atoms with E-state index >= 15 is 0 Å². The van der Waals surface area contributed by atoms with Crippen LogP contribution in [0.2, 0.25) is 0 Å². The first-order valence-electron chi connectivity index (χ1n) is 7.39. The summed E-state index contributed by atoms with van der Waals surface area (Å²) in [5.74, 6) is 0. The van der Waals surface area contributed by atoms with Crippen molar-refractivity contribution in [3.8, 4) is 0 Å². The van der Waals surface area contributed by atoms with E-state index in [1.165, 1.54) is 24.9 Å². The molecular formula is C15H25N3O. The summed E-state index contributed by atoms with van der Waals surface area (Å²) >= 11 is 0. The minimum absolute atomic E-state index is 0.324. The molecule has 1 aliphatic rings. The van der Waals surface area contributed by atoms with Crippen molar-refractivity contribution in [2.24, 2.45) is 0 Å². The highest BCUT2D eigenvalue weighted by Gasteiger charge is 2.18. The first-order valence-corrected chi connectivity index (χ1v) is 7.39. The van der Waals surface area contributed by atoms with Gasteiger partial charge in [0.05, 0.1) is 0 Å². The van der Waals surface area contributed by atoms with Crippen LogP contribution in [0.4, 0.5) is 5.69 Å². The number of rotatable bonds is 7. The van der Waals surface area contributed by atoms with Crippen molar-refractivity contribution in [1.82, 2.24) is 10.3 Å². The first kappa shape index (κ1) is 14.3. The molecule has 0 aliphatic carbocycles. The summed E-state index contributed by atoms with van der Waals surface area (Å²) in [5.41, 5.74) is 1.29. The smallest absolute Gasteiger partial charge is 0.0431 e. The van der Waals surface area contributed by atoms with E-state index in [0.717, 1.165) is 32.5 Å². The Hall–Kier alpha value is -1.13. The maximum absolute atomic E-state index is 8.72. The molecule has 0 radical (unpaired) electrons. The van der Waals surface area contributed by atoms with Crippen molar-refractivity contribution < 1.29 is 5.11 Å². The largest absolute Gasteiger partial charge is 0.396 e. The van der Waals surface area contributed by atoms with E-state index in [1.54, 1.807) is 0 Å². The third-order valence-electron chi connectivity index (χ3n) is 3.79. The molecule has 0 amide bonds. The van der Waals surface area contributed by atoms with E-state index in [1.807, 2.05) is 12.4 Å². The van der Waals surface area contributed by atoms with Crippen LogP contribution in [0.1, 0.15) is 32.1 Å². The van der Waals surface area contributed by atoms with Gasteiger partial charge in [0.1, 0.15) is 0 Å². The number of aromatic nitrogens is 1. The maximum atomic E-state index is 8.72. The summed E-state index contributed by atoms with van der Waals surface area (Å²) in [4.78, 5) is 6.50. The van der Waals surface area contributed by atoms with Crippen LogP contribution in [0, 0.1) is 0 Å². The SMILES string of the molecule is OCCCCCNC1CCN(c2ccncc2)CC1. The van der Waals surface area contributed by atoms with Gasteiger partial charge in [-0.15, -0.1) is 0 Å². The van der Waals surface area contributed by atoms with Crippen LogP contribution in [0.3, 0.4) is 0 Å². The molecule has 2 heterocycles. The molecule has 2 rings (SSSR count). The number of hydrogen-bond donors (Lipinski definition) is 2. The van der Waals surface area contributed by atoms with Gasteiger partial charge >= 0.3 is 0 Å².